The minimum atomic E-state index is -0.261. The van der Waals surface area contributed by atoms with Gasteiger partial charge in [0.15, 0.2) is 0 Å². The summed E-state index contributed by atoms with van der Waals surface area (Å²) >= 11 is 0. The number of aromatic nitrogens is 4. The molecular weight excluding hydrogens is 327 g/mol. The molecule has 0 saturated carbocycles. The third-order valence-corrected chi connectivity index (χ3v) is 4.26. The van der Waals surface area contributed by atoms with E-state index in [-0.39, 0.29) is 5.82 Å². The molecular formula is C21H17FN4. The van der Waals surface area contributed by atoms with Crippen LogP contribution in [0.2, 0.25) is 0 Å². The lowest BCUT2D eigenvalue weighted by atomic mass is 10.1. The predicted molar refractivity (Wildman–Crippen MR) is 99.8 cm³/mol. The molecule has 4 rings (SSSR count). The average molecular weight is 344 g/mol. The van der Waals surface area contributed by atoms with Gasteiger partial charge in [-0.05, 0) is 37.3 Å². The fourth-order valence-corrected chi connectivity index (χ4v) is 3.08. The number of hydrogen-bond acceptors (Lipinski definition) is 3. The van der Waals surface area contributed by atoms with Gasteiger partial charge in [-0.3, -0.25) is 0 Å². The minimum absolute atomic E-state index is 0.261. The molecule has 2 heterocycles. The molecule has 0 atom stereocenters. The summed E-state index contributed by atoms with van der Waals surface area (Å²) in [7, 11) is 0. The topological polar surface area (TPSA) is 43.6 Å². The first-order chi connectivity index (χ1) is 12.8. The summed E-state index contributed by atoms with van der Waals surface area (Å²) in [5.74, 6) is 0.601. The molecule has 0 N–H and O–H groups in total. The highest BCUT2D eigenvalue weighted by Crippen LogP contribution is 2.35. The first-order valence-corrected chi connectivity index (χ1v) is 8.46. The second kappa shape index (κ2) is 6.88. The molecule has 4 nitrogen and oxygen atoms in total. The predicted octanol–water partition coefficient (Wildman–Crippen LogP) is 4.83. The van der Waals surface area contributed by atoms with E-state index in [0.29, 0.717) is 0 Å². The Kier molecular flexibility index (Phi) is 4.27. The summed E-state index contributed by atoms with van der Waals surface area (Å²) < 4.78 is 15.6. The molecule has 5 heteroatoms. The van der Waals surface area contributed by atoms with Crippen LogP contribution in [0.25, 0.3) is 34.0 Å². The molecule has 0 fully saturated rings. The van der Waals surface area contributed by atoms with Crippen molar-refractivity contribution in [2.45, 2.75) is 13.5 Å². The molecule has 2 aromatic heterocycles. The average Bonchev–Trinajstić information content (AvgIpc) is 3.09. The molecule has 26 heavy (non-hydrogen) atoms. The molecule has 0 unspecified atom stereocenters. The van der Waals surface area contributed by atoms with Crippen molar-refractivity contribution < 1.29 is 4.39 Å². The summed E-state index contributed by atoms with van der Waals surface area (Å²) in [6, 6.07) is 18.4. The van der Waals surface area contributed by atoms with Gasteiger partial charge in [-0.15, -0.1) is 0 Å². The number of imidazole rings is 1. The summed E-state index contributed by atoms with van der Waals surface area (Å²) in [6.07, 6.45) is 3.21. The molecule has 2 aromatic carbocycles. The third kappa shape index (κ3) is 2.88. The second-order valence-corrected chi connectivity index (χ2v) is 5.84. The number of halogens is 1. The van der Waals surface area contributed by atoms with Crippen LogP contribution in [0.5, 0.6) is 0 Å². The van der Waals surface area contributed by atoms with Gasteiger partial charge in [0.05, 0.1) is 11.4 Å². The van der Waals surface area contributed by atoms with Gasteiger partial charge < -0.3 is 4.57 Å². The van der Waals surface area contributed by atoms with E-state index < -0.39 is 0 Å². The zero-order valence-electron chi connectivity index (χ0n) is 14.3. The summed E-state index contributed by atoms with van der Waals surface area (Å²) in [5.41, 5.74) is 4.35. The summed E-state index contributed by atoms with van der Waals surface area (Å²) in [4.78, 5) is 13.3. The highest BCUT2D eigenvalue weighted by Gasteiger charge is 2.20. The van der Waals surface area contributed by atoms with Crippen LogP contribution in [0.3, 0.4) is 0 Å². The molecule has 0 aliphatic rings. The van der Waals surface area contributed by atoms with Crippen molar-refractivity contribution in [2.75, 3.05) is 0 Å². The van der Waals surface area contributed by atoms with E-state index in [0.717, 1.165) is 40.6 Å². The number of rotatable bonds is 4. The van der Waals surface area contributed by atoms with Crippen molar-refractivity contribution in [1.82, 2.24) is 19.5 Å². The van der Waals surface area contributed by atoms with Crippen molar-refractivity contribution in [3.05, 3.63) is 79.0 Å². The van der Waals surface area contributed by atoms with E-state index in [1.165, 1.54) is 18.5 Å². The van der Waals surface area contributed by atoms with Crippen LogP contribution >= 0.6 is 0 Å². The van der Waals surface area contributed by atoms with E-state index in [1.54, 1.807) is 18.3 Å². The SMILES string of the molecule is CCn1c(-c2ccccc2)nc(-c2ccncn2)c1-c1ccc(F)cc1. The van der Waals surface area contributed by atoms with Gasteiger partial charge in [-0.1, -0.05) is 30.3 Å². The van der Waals surface area contributed by atoms with Gasteiger partial charge in [0.25, 0.3) is 0 Å². The lowest BCUT2D eigenvalue weighted by molar-refractivity contribution is 0.628. The lowest BCUT2D eigenvalue weighted by Gasteiger charge is -2.11. The van der Waals surface area contributed by atoms with Crippen molar-refractivity contribution in [2.24, 2.45) is 0 Å². The normalized spacial score (nSPS) is 10.8. The smallest absolute Gasteiger partial charge is 0.141 e. The van der Waals surface area contributed by atoms with Gasteiger partial charge in [-0.2, -0.15) is 0 Å². The first kappa shape index (κ1) is 16.1. The van der Waals surface area contributed by atoms with E-state index in [2.05, 4.69) is 21.5 Å². The Morgan fingerprint density at radius 3 is 2.35 bits per heavy atom. The van der Waals surface area contributed by atoms with Gasteiger partial charge >= 0.3 is 0 Å². The Labute approximate surface area is 151 Å². The van der Waals surface area contributed by atoms with Crippen LogP contribution in [-0.2, 0) is 6.54 Å². The molecule has 0 bridgehead atoms. The Hall–Kier alpha value is -3.34. The fraction of sp³-hybridized carbons (Fsp3) is 0.0952. The van der Waals surface area contributed by atoms with Gasteiger partial charge in [0.2, 0.25) is 0 Å². The van der Waals surface area contributed by atoms with Crippen LogP contribution in [0.1, 0.15) is 6.92 Å². The lowest BCUT2D eigenvalue weighted by Crippen LogP contribution is -2.00. The largest absolute Gasteiger partial charge is 0.324 e. The third-order valence-electron chi connectivity index (χ3n) is 4.26. The Balaban J connectivity index is 2.01. The maximum absolute atomic E-state index is 13.4. The maximum Gasteiger partial charge on any atom is 0.141 e. The minimum Gasteiger partial charge on any atom is -0.324 e. The standard InChI is InChI=1S/C21H17FN4/c1-2-26-20(15-8-10-17(22)11-9-15)19(18-12-13-23-14-24-18)25-21(26)16-6-4-3-5-7-16/h3-14H,2H2,1H3. The molecule has 0 saturated heterocycles. The van der Waals surface area contributed by atoms with Crippen molar-refractivity contribution in [3.8, 4) is 34.0 Å². The van der Waals surface area contributed by atoms with Gasteiger partial charge in [0, 0.05) is 23.9 Å². The number of benzene rings is 2. The second-order valence-electron chi connectivity index (χ2n) is 5.84. The van der Waals surface area contributed by atoms with Gasteiger partial charge in [-0.25, -0.2) is 19.3 Å². The summed E-state index contributed by atoms with van der Waals surface area (Å²) in [6.45, 7) is 2.81. The highest BCUT2D eigenvalue weighted by atomic mass is 19.1. The van der Waals surface area contributed by atoms with Gasteiger partial charge in [0.1, 0.15) is 23.7 Å². The zero-order chi connectivity index (χ0) is 17.9. The molecule has 0 spiro atoms. The number of nitrogens with zero attached hydrogens (tertiary/aromatic N) is 4. The molecule has 4 aromatic rings. The van der Waals surface area contributed by atoms with Crippen LogP contribution in [-0.4, -0.2) is 19.5 Å². The van der Waals surface area contributed by atoms with E-state index >= 15 is 0 Å². The van der Waals surface area contributed by atoms with Crippen LogP contribution in [0.15, 0.2) is 73.2 Å². The Morgan fingerprint density at radius 2 is 1.69 bits per heavy atom. The van der Waals surface area contributed by atoms with Crippen LogP contribution < -0.4 is 0 Å². The Bertz CT molecular complexity index is 1010. The van der Waals surface area contributed by atoms with Crippen LogP contribution in [0, 0.1) is 5.82 Å². The quantitative estimate of drug-likeness (QED) is 0.532. The van der Waals surface area contributed by atoms with Crippen molar-refractivity contribution in [1.29, 1.82) is 0 Å². The van der Waals surface area contributed by atoms with Crippen LogP contribution in [0.4, 0.5) is 4.39 Å². The first-order valence-electron chi connectivity index (χ1n) is 8.46. The fourth-order valence-electron chi connectivity index (χ4n) is 3.08. The molecule has 0 amide bonds. The van der Waals surface area contributed by atoms with E-state index in [9.17, 15) is 4.39 Å². The molecule has 0 radical (unpaired) electrons. The van der Waals surface area contributed by atoms with Crippen molar-refractivity contribution >= 4 is 0 Å². The number of hydrogen-bond donors (Lipinski definition) is 0. The maximum atomic E-state index is 13.4. The molecule has 0 aliphatic carbocycles. The zero-order valence-corrected chi connectivity index (χ0v) is 14.3. The summed E-state index contributed by atoms with van der Waals surface area (Å²) in [5, 5.41) is 0. The van der Waals surface area contributed by atoms with E-state index in [1.807, 2.05) is 36.4 Å². The highest BCUT2D eigenvalue weighted by molar-refractivity contribution is 5.80. The molecule has 128 valence electrons. The molecule has 0 aliphatic heterocycles. The van der Waals surface area contributed by atoms with Crippen molar-refractivity contribution in [3.63, 3.8) is 0 Å². The monoisotopic (exact) mass is 344 g/mol. The van der Waals surface area contributed by atoms with E-state index in [4.69, 9.17) is 4.98 Å². The Morgan fingerprint density at radius 1 is 0.923 bits per heavy atom.